The van der Waals surface area contributed by atoms with E-state index >= 15 is 0 Å². The Kier molecular flexibility index (Phi) is 4.51. The average molecular weight is 311 g/mol. The van der Waals surface area contributed by atoms with Gasteiger partial charge in [0.2, 0.25) is 0 Å². The highest BCUT2D eigenvalue weighted by Crippen LogP contribution is 2.31. The molecule has 0 spiro atoms. The van der Waals surface area contributed by atoms with Gasteiger partial charge in [0, 0.05) is 18.2 Å². The molecule has 2 N–H and O–H groups in total. The van der Waals surface area contributed by atoms with E-state index in [2.05, 4.69) is 53.6 Å². The first-order chi connectivity index (χ1) is 11.1. The number of nitrogens with zero attached hydrogens (tertiary/aromatic N) is 1. The van der Waals surface area contributed by atoms with Crippen LogP contribution >= 0.6 is 0 Å². The number of nitrogens with one attached hydrogen (secondary N) is 2. The molecule has 1 aromatic carbocycles. The van der Waals surface area contributed by atoms with Gasteiger partial charge in [-0.25, -0.2) is 0 Å². The number of H-pyrrole nitrogens is 1. The van der Waals surface area contributed by atoms with Crippen LogP contribution in [-0.2, 0) is 6.42 Å². The minimum absolute atomic E-state index is 0.0111. The number of aromatic nitrogens is 2. The molecule has 0 bridgehead atoms. The molecule has 0 saturated heterocycles. The van der Waals surface area contributed by atoms with Crippen LogP contribution < -0.4 is 5.32 Å². The summed E-state index contributed by atoms with van der Waals surface area (Å²) in [6.45, 7) is 6.72. The molecule has 0 radical (unpaired) electrons. The largest absolute Gasteiger partial charge is 0.351 e. The molecule has 122 valence electrons. The van der Waals surface area contributed by atoms with Crippen molar-refractivity contribution >= 4 is 5.91 Å². The lowest BCUT2D eigenvalue weighted by Gasteiger charge is -2.25. The molecule has 4 nitrogen and oxygen atoms in total. The van der Waals surface area contributed by atoms with E-state index in [9.17, 15) is 4.79 Å². The maximum absolute atomic E-state index is 12.6. The van der Waals surface area contributed by atoms with Crippen LogP contribution in [0.4, 0.5) is 0 Å². The van der Waals surface area contributed by atoms with Gasteiger partial charge in [-0.15, -0.1) is 0 Å². The molecule has 1 amide bonds. The normalized spacial score (nSPS) is 17.1. The molecule has 23 heavy (non-hydrogen) atoms. The van der Waals surface area contributed by atoms with Crippen molar-refractivity contribution in [1.82, 2.24) is 15.5 Å². The number of amides is 1. The van der Waals surface area contributed by atoms with Crippen LogP contribution in [0.3, 0.4) is 0 Å². The predicted molar refractivity (Wildman–Crippen MR) is 91.9 cm³/mol. The van der Waals surface area contributed by atoms with Gasteiger partial charge in [0.1, 0.15) is 0 Å². The summed E-state index contributed by atoms with van der Waals surface area (Å²) in [5, 5.41) is 10.4. The third-order valence-electron chi connectivity index (χ3n) is 4.75. The maximum atomic E-state index is 12.6. The molecule has 0 saturated carbocycles. The fourth-order valence-corrected chi connectivity index (χ4v) is 3.52. The second kappa shape index (κ2) is 6.57. The number of rotatable bonds is 4. The summed E-state index contributed by atoms with van der Waals surface area (Å²) in [6.07, 6.45) is 3.48. The molecule has 1 unspecified atom stereocenters. The summed E-state index contributed by atoms with van der Waals surface area (Å²) in [5.41, 5.74) is 5.23. The van der Waals surface area contributed by atoms with Gasteiger partial charge in [-0.1, -0.05) is 38.1 Å². The Balaban J connectivity index is 1.72. The van der Waals surface area contributed by atoms with Crippen LogP contribution in [0.1, 0.15) is 71.4 Å². The number of aromatic amines is 1. The maximum Gasteiger partial charge on any atom is 0.255 e. The molecule has 1 aliphatic rings. The molecule has 1 aliphatic carbocycles. The third-order valence-corrected chi connectivity index (χ3v) is 4.75. The lowest BCUT2D eigenvalue weighted by atomic mass is 9.83. The van der Waals surface area contributed by atoms with Crippen molar-refractivity contribution in [2.45, 2.75) is 51.9 Å². The Hall–Kier alpha value is -2.10. The van der Waals surface area contributed by atoms with Crippen LogP contribution in [0.25, 0.3) is 0 Å². The topological polar surface area (TPSA) is 57.8 Å². The number of carbonyl (C=O) groups excluding carboxylic acids is 1. The van der Waals surface area contributed by atoms with Gasteiger partial charge in [-0.3, -0.25) is 9.89 Å². The van der Waals surface area contributed by atoms with Gasteiger partial charge in [0.05, 0.1) is 11.3 Å². The van der Waals surface area contributed by atoms with Crippen molar-refractivity contribution in [3.63, 3.8) is 0 Å². The van der Waals surface area contributed by atoms with Gasteiger partial charge in [0.25, 0.3) is 5.91 Å². The Morgan fingerprint density at radius 1 is 1.39 bits per heavy atom. The molecule has 4 heteroatoms. The number of hydrogen-bond donors (Lipinski definition) is 2. The number of fused-ring (bicyclic) bond motifs is 1. The molecule has 1 aromatic heterocycles. The smallest absolute Gasteiger partial charge is 0.255 e. The Labute approximate surface area is 137 Å². The number of carbonyl (C=O) groups is 1. The summed E-state index contributed by atoms with van der Waals surface area (Å²) in [6, 6.07) is 8.61. The van der Waals surface area contributed by atoms with E-state index in [4.69, 9.17) is 0 Å². The van der Waals surface area contributed by atoms with Crippen molar-refractivity contribution in [2.24, 2.45) is 0 Å². The van der Waals surface area contributed by atoms with Crippen LogP contribution in [0, 0.1) is 6.92 Å². The fourth-order valence-electron chi connectivity index (χ4n) is 3.52. The summed E-state index contributed by atoms with van der Waals surface area (Å²) in [7, 11) is 0. The molecule has 1 atom stereocenters. The molecule has 2 aromatic rings. The Morgan fingerprint density at radius 2 is 2.17 bits per heavy atom. The molecular weight excluding hydrogens is 286 g/mol. The number of benzene rings is 1. The lowest BCUT2D eigenvalue weighted by molar-refractivity contribution is 0.0948. The van der Waals surface area contributed by atoms with E-state index in [0.717, 1.165) is 24.2 Å². The number of hydrogen-bond acceptors (Lipinski definition) is 2. The van der Waals surface area contributed by atoms with Gasteiger partial charge in [-0.05, 0) is 43.2 Å². The molecule has 1 heterocycles. The fraction of sp³-hybridized carbons (Fsp3) is 0.474. The van der Waals surface area contributed by atoms with Crippen LogP contribution in [-0.4, -0.2) is 22.6 Å². The first-order valence-corrected chi connectivity index (χ1v) is 8.48. The van der Waals surface area contributed by atoms with E-state index in [1.165, 1.54) is 17.5 Å². The lowest BCUT2D eigenvalue weighted by Crippen LogP contribution is -2.30. The van der Waals surface area contributed by atoms with E-state index < -0.39 is 0 Å². The van der Waals surface area contributed by atoms with Crippen LogP contribution in [0.15, 0.2) is 24.3 Å². The van der Waals surface area contributed by atoms with Crippen molar-refractivity contribution in [1.29, 1.82) is 0 Å². The van der Waals surface area contributed by atoms with E-state index in [1.807, 2.05) is 6.92 Å². The number of aryl methyl sites for hydroxylation is 2. The summed E-state index contributed by atoms with van der Waals surface area (Å²) >= 11 is 0. The highest BCUT2D eigenvalue weighted by Gasteiger charge is 2.23. The zero-order chi connectivity index (χ0) is 16.4. The van der Waals surface area contributed by atoms with Crippen molar-refractivity contribution in [3.8, 4) is 0 Å². The van der Waals surface area contributed by atoms with Crippen molar-refractivity contribution < 1.29 is 4.79 Å². The van der Waals surface area contributed by atoms with E-state index in [-0.39, 0.29) is 11.8 Å². The van der Waals surface area contributed by atoms with Gasteiger partial charge in [-0.2, -0.15) is 5.10 Å². The van der Waals surface area contributed by atoms with Crippen molar-refractivity contribution in [2.75, 3.05) is 6.54 Å². The van der Waals surface area contributed by atoms with Crippen molar-refractivity contribution in [3.05, 3.63) is 52.3 Å². The second-order valence-electron chi connectivity index (χ2n) is 6.76. The average Bonchev–Trinajstić information content (AvgIpc) is 2.94. The molecule has 3 rings (SSSR count). The van der Waals surface area contributed by atoms with E-state index in [1.54, 1.807) is 0 Å². The molecular formula is C19H25N3O. The zero-order valence-electron chi connectivity index (χ0n) is 14.1. The van der Waals surface area contributed by atoms with Crippen LogP contribution in [0.2, 0.25) is 0 Å². The minimum Gasteiger partial charge on any atom is -0.351 e. The first-order valence-electron chi connectivity index (χ1n) is 8.48. The third kappa shape index (κ3) is 3.16. The van der Waals surface area contributed by atoms with E-state index in [0.29, 0.717) is 18.0 Å². The Morgan fingerprint density at radius 3 is 2.96 bits per heavy atom. The highest BCUT2D eigenvalue weighted by atomic mass is 16.1. The second-order valence-corrected chi connectivity index (χ2v) is 6.76. The molecule has 0 aliphatic heterocycles. The highest BCUT2D eigenvalue weighted by molar-refractivity contribution is 5.96. The van der Waals surface area contributed by atoms with Gasteiger partial charge >= 0.3 is 0 Å². The molecule has 0 fully saturated rings. The summed E-state index contributed by atoms with van der Waals surface area (Å²) in [4.78, 5) is 12.6. The van der Waals surface area contributed by atoms with Gasteiger partial charge in [0.15, 0.2) is 0 Å². The standard InChI is InChI=1S/C19H25N3O/c1-12(2)18-17(13(3)21-22-18)19(23)20-11-15-9-6-8-14-7-4-5-10-16(14)15/h4-5,7,10,12,15H,6,8-9,11H2,1-3H3,(H,20,23)(H,21,22). The first kappa shape index (κ1) is 15.8. The summed E-state index contributed by atoms with van der Waals surface area (Å²) in [5.74, 6) is 0.637. The Bertz CT molecular complexity index is 702. The monoisotopic (exact) mass is 311 g/mol. The summed E-state index contributed by atoms with van der Waals surface area (Å²) < 4.78 is 0. The SMILES string of the molecule is Cc1[nH]nc(C(C)C)c1C(=O)NCC1CCCc2ccccc21. The quantitative estimate of drug-likeness (QED) is 0.904. The van der Waals surface area contributed by atoms with Crippen LogP contribution in [0.5, 0.6) is 0 Å². The minimum atomic E-state index is -0.0111. The van der Waals surface area contributed by atoms with Gasteiger partial charge < -0.3 is 5.32 Å². The predicted octanol–water partition coefficient (Wildman–Crippen LogP) is 3.69. The zero-order valence-corrected chi connectivity index (χ0v) is 14.1.